The van der Waals surface area contributed by atoms with Crippen LogP contribution in [0.5, 0.6) is 0 Å². The molecule has 0 aliphatic carbocycles. The van der Waals surface area contributed by atoms with Crippen molar-refractivity contribution in [1.82, 2.24) is 24.5 Å². The number of amides is 1. The summed E-state index contributed by atoms with van der Waals surface area (Å²) in [6, 6.07) is 1.53. The van der Waals surface area contributed by atoms with Crippen molar-refractivity contribution in [2.75, 3.05) is 18.4 Å². The largest absolute Gasteiger partial charge is 0.410 e. The van der Waals surface area contributed by atoms with Gasteiger partial charge in [0.15, 0.2) is 6.04 Å². The van der Waals surface area contributed by atoms with Gasteiger partial charge in [0.1, 0.15) is 11.5 Å². The van der Waals surface area contributed by atoms with Crippen LogP contribution in [0.2, 0.25) is 0 Å². The lowest BCUT2D eigenvalue weighted by molar-refractivity contribution is -0.173. The molecule has 0 bridgehead atoms. The summed E-state index contributed by atoms with van der Waals surface area (Å²) in [5.74, 6) is 0.210. The van der Waals surface area contributed by atoms with E-state index in [0.717, 1.165) is 4.68 Å². The molecule has 0 spiro atoms. The number of aromatic nitrogens is 4. The molecule has 0 saturated carbocycles. The average molecular weight is 396 g/mol. The van der Waals surface area contributed by atoms with Gasteiger partial charge in [0.05, 0.1) is 5.69 Å². The molecule has 1 N–H and O–H groups in total. The first kappa shape index (κ1) is 18.8. The Balaban J connectivity index is 1.54. The Morgan fingerprint density at radius 3 is 2.82 bits per heavy atom. The van der Waals surface area contributed by atoms with Gasteiger partial charge >= 0.3 is 6.18 Å². The van der Waals surface area contributed by atoms with Gasteiger partial charge in [-0.2, -0.15) is 23.4 Å². The topological polar surface area (TPSA) is 68.0 Å². The van der Waals surface area contributed by atoms with E-state index in [0.29, 0.717) is 43.1 Å². The number of carbonyl (C=O) groups is 1. The first-order chi connectivity index (χ1) is 13.3. The molecule has 10 heteroatoms. The second-order valence-electron chi connectivity index (χ2n) is 7.52. The Morgan fingerprint density at radius 2 is 2.18 bits per heavy atom. The summed E-state index contributed by atoms with van der Waals surface area (Å²) >= 11 is 0. The number of fused-ring (bicyclic) bond motifs is 1. The molecule has 152 valence electrons. The van der Waals surface area contributed by atoms with Crippen molar-refractivity contribution in [3.63, 3.8) is 0 Å². The minimum absolute atomic E-state index is 0.0239. The van der Waals surface area contributed by atoms with Crippen molar-refractivity contribution < 1.29 is 18.0 Å². The van der Waals surface area contributed by atoms with E-state index >= 15 is 0 Å². The molecule has 7 nitrogen and oxygen atoms in total. The van der Waals surface area contributed by atoms with Crippen LogP contribution in [0.3, 0.4) is 0 Å². The number of hydrogen-bond acceptors (Lipinski definition) is 4. The van der Waals surface area contributed by atoms with Crippen LogP contribution in [0.4, 0.5) is 19.0 Å². The molecule has 4 heterocycles. The summed E-state index contributed by atoms with van der Waals surface area (Å²) in [7, 11) is 1.71. The lowest BCUT2D eigenvalue weighted by Crippen LogP contribution is -2.38. The van der Waals surface area contributed by atoms with E-state index in [1.54, 1.807) is 30.3 Å². The Morgan fingerprint density at radius 1 is 1.39 bits per heavy atom. The fraction of sp³-hybridized carbons (Fsp3) is 0.611. The smallest absolute Gasteiger partial charge is 0.367 e. The van der Waals surface area contributed by atoms with Crippen molar-refractivity contribution in [1.29, 1.82) is 0 Å². The van der Waals surface area contributed by atoms with E-state index in [9.17, 15) is 18.0 Å². The average Bonchev–Trinajstić information content (AvgIpc) is 3.37. The molecule has 3 atom stereocenters. The van der Waals surface area contributed by atoms with E-state index in [4.69, 9.17) is 0 Å². The van der Waals surface area contributed by atoms with Crippen molar-refractivity contribution >= 4 is 11.7 Å². The highest BCUT2D eigenvalue weighted by molar-refractivity contribution is 5.92. The second-order valence-corrected chi connectivity index (χ2v) is 7.52. The predicted molar refractivity (Wildman–Crippen MR) is 96.1 cm³/mol. The van der Waals surface area contributed by atoms with E-state index in [1.807, 2.05) is 6.92 Å². The van der Waals surface area contributed by atoms with Crippen molar-refractivity contribution in [3.8, 4) is 0 Å². The predicted octanol–water partition coefficient (Wildman–Crippen LogP) is 2.94. The van der Waals surface area contributed by atoms with Gasteiger partial charge < -0.3 is 10.2 Å². The van der Waals surface area contributed by atoms with Crippen LogP contribution in [0.25, 0.3) is 0 Å². The Bertz CT molecular complexity index is 873. The molecule has 28 heavy (non-hydrogen) atoms. The minimum atomic E-state index is -4.34. The lowest BCUT2D eigenvalue weighted by Gasteiger charge is -2.32. The maximum absolute atomic E-state index is 13.5. The number of halogens is 3. The third kappa shape index (κ3) is 3.24. The highest BCUT2D eigenvalue weighted by Gasteiger charge is 2.46. The van der Waals surface area contributed by atoms with Gasteiger partial charge in [-0.05, 0) is 25.3 Å². The molecule has 0 unspecified atom stereocenters. The van der Waals surface area contributed by atoms with Gasteiger partial charge in [0.25, 0.3) is 5.91 Å². The standard InChI is InChI=1S/C18H23F3N6O/c1-3-12-8-15(18(19,20)21)27-16(23-12)9-13(24-27)11-5-7-26(10-11)17(28)14-4-6-22-25(14)2/h4,6,9,11-12,15,23H,3,5,7-8,10H2,1-2H3/t11-,12-,15-/m1/s1. The molecule has 0 aromatic carbocycles. The number of nitrogens with zero attached hydrogens (tertiary/aromatic N) is 5. The molecule has 1 saturated heterocycles. The summed E-state index contributed by atoms with van der Waals surface area (Å²) in [6.45, 7) is 2.86. The van der Waals surface area contributed by atoms with Gasteiger partial charge in [-0.1, -0.05) is 6.92 Å². The third-order valence-corrected chi connectivity index (χ3v) is 5.71. The van der Waals surface area contributed by atoms with E-state index in [2.05, 4.69) is 15.5 Å². The first-order valence-electron chi connectivity index (χ1n) is 9.48. The number of anilines is 1. The summed E-state index contributed by atoms with van der Waals surface area (Å²) in [6.07, 6.45) is -1.51. The zero-order valence-electron chi connectivity index (χ0n) is 15.8. The van der Waals surface area contributed by atoms with Gasteiger partial charge in [-0.15, -0.1) is 0 Å². The molecule has 2 aliphatic rings. The second kappa shape index (κ2) is 6.82. The normalized spacial score (nSPS) is 24.9. The molecule has 4 rings (SSSR count). The Kier molecular flexibility index (Phi) is 4.59. The maximum Gasteiger partial charge on any atom is 0.410 e. The van der Waals surface area contributed by atoms with E-state index in [-0.39, 0.29) is 24.3 Å². The maximum atomic E-state index is 13.5. The number of rotatable bonds is 3. The third-order valence-electron chi connectivity index (χ3n) is 5.71. The SMILES string of the molecule is CC[C@@H]1C[C@H](C(F)(F)F)n2nc([C@@H]3CCN(C(=O)c4ccnn4C)C3)cc2N1. The van der Waals surface area contributed by atoms with Crippen LogP contribution < -0.4 is 5.32 Å². The van der Waals surface area contributed by atoms with Gasteiger partial charge in [0.2, 0.25) is 0 Å². The summed E-state index contributed by atoms with van der Waals surface area (Å²) < 4.78 is 43.2. The molecule has 1 fully saturated rings. The number of likely N-dealkylation sites (tertiary alicyclic amines) is 1. The number of hydrogen-bond donors (Lipinski definition) is 1. The highest BCUT2D eigenvalue weighted by Crippen LogP contribution is 2.41. The van der Waals surface area contributed by atoms with Gasteiger partial charge in [-0.25, -0.2) is 4.68 Å². The summed E-state index contributed by atoms with van der Waals surface area (Å²) in [4.78, 5) is 14.4. The number of aryl methyl sites for hydroxylation is 1. The molecule has 2 aromatic rings. The zero-order chi connectivity index (χ0) is 20.1. The molecule has 2 aliphatic heterocycles. The van der Waals surface area contributed by atoms with Crippen LogP contribution in [-0.2, 0) is 7.05 Å². The van der Waals surface area contributed by atoms with Gasteiger partial charge in [0, 0.05) is 44.4 Å². The van der Waals surface area contributed by atoms with Crippen molar-refractivity contribution in [2.45, 2.75) is 50.4 Å². The van der Waals surface area contributed by atoms with Crippen LogP contribution >= 0.6 is 0 Å². The van der Waals surface area contributed by atoms with Gasteiger partial charge in [-0.3, -0.25) is 9.48 Å². The van der Waals surface area contributed by atoms with Crippen molar-refractivity contribution in [2.24, 2.45) is 7.05 Å². The molecule has 2 aromatic heterocycles. The number of alkyl halides is 3. The molecule has 0 radical (unpaired) electrons. The van der Waals surface area contributed by atoms with E-state index in [1.165, 1.54) is 4.68 Å². The molecular weight excluding hydrogens is 373 g/mol. The van der Waals surface area contributed by atoms with Crippen LogP contribution in [0.1, 0.15) is 54.3 Å². The lowest BCUT2D eigenvalue weighted by atomic mass is 10.0. The fourth-order valence-electron chi connectivity index (χ4n) is 4.07. The van der Waals surface area contributed by atoms with Crippen LogP contribution in [0.15, 0.2) is 18.3 Å². The fourth-order valence-corrected chi connectivity index (χ4v) is 4.07. The Labute approximate surface area is 160 Å². The number of nitrogens with one attached hydrogen (secondary N) is 1. The first-order valence-corrected chi connectivity index (χ1v) is 9.48. The van der Waals surface area contributed by atoms with Crippen LogP contribution in [0, 0.1) is 0 Å². The summed E-state index contributed by atoms with van der Waals surface area (Å²) in [5, 5.41) is 11.5. The minimum Gasteiger partial charge on any atom is -0.367 e. The quantitative estimate of drug-likeness (QED) is 0.866. The molecular formula is C18H23F3N6O. The monoisotopic (exact) mass is 396 g/mol. The zero-order valence-corrected chi connectivity index (χ0v) is 15.8. The van der Waals surface area contributed by atoms with E-state index < -0.39 is 12.2 Å². The number of carbonyl (C=O) groups excluding carboxylic acids is 1. The van der Waals surface area contributed by atoms with Crippen molar-refractivity contribution in [3.05, 3.63) is 29.7 Å². The Hall–Kier alpha value is -2.52. The summed E-state index contributed by atoms with van der Waals surface area (Å²) in [5.41, 5.74) is 1.10. The molecule has 1 amide bonds. The van der Waals surface area contributed by atoms with Crippen LogP contribution in [-0.4, -0.2) is 55.7 Å². The highest BCUT2D eigenvalue weighted by atomic mass is 19.4.